The van der Waals surface area contributed by atoms with E-state index >= 15 is 0 Å². The van der Waals surface area contributed by atoms with Gasteiger partial charge in [0, 0.05) is 0 Å². The van der Waals surface area contributed by atoms with Crippen LogP contribution in [0.3, 0.4) is 0 Å². The zero-order chi connectivity index (χ0) is 44.4. The fourth-order valence-electron chi connectivity index (χ4n) is 6.89. The molecule has 0 fully saturated rings. The van der Waals surface area contributed by atoms with Crippen molar-refractivity contribution in [1.29, 1.82) is 0 Å². The Labute approximate surface area is 372 Å². The summed E-state index contributed by atoms with van der Waals surface area (Å²) in [7, 11) is 0. The monoisotopic (exact) mass is 807 g/mol. The van der Waals surface area contributed by atoms with Crippen molar-refractivity contribution in [2.45, 2.75) is 108 Å². The molecule has 0 saturated carbocycles. The molecular formula is C61H74. The Kier molecular flexibility index (Phi) is 22.7. The molecule has 0 amide bonds. The van der Waals surface area contributed by atoms with Gasteiger partial charge in [0.05, 0.1) is 0 Å². The molecule has 1 unspecified atom stereocenters. The lowest BCUT2D eigenvalue weighted by Crippen LogP contribution is -1.92. The first kappa shape index (κ1) is 49.6. The Hall–Kier alpha value is -5.72. The lowest BCUT2D eigenvalue weighted by Gasteiger charge is -2.13. The normalized spacial score (nSPS) is 11.6. The van der Waals surface area contributed by atoms with Crippen molar-refractivity contribution in [2.75, 3.05) is 0 Å². The molecule has 6 aromatic rings. The zero-order valence-electron chi connectivity index (χ0n) is 39.3. The van der Waals surface area contributed by atoms with E-state index in [1.165, 1.54) is 91.6 Å². The van der Waals surface area contributed by atoms with Crippen LogP contribution in [0.4, 0.5) is 0 Å². The summed E-state index contributed by atoms with van der Waals surface area (Å²) >= 11 is 0. The maximum Gasteiger partial charge on any atom is -0.0149 e. The Morgan fingerprint density at radius 3 is 1.66 bits per heavy atom. The van der Waals surface area contributed by atoms with Crippen LogP contribution in [-0.2, 0) is 6.42 Å². The van der Waals surface area contributed by atoms with Gasteiger partial charge in [0.25, 0.3) is 0 Å². The highest BCUT2D eigenvalue weighted by molar-refractivity contribution is 5.84. The van der Waals surface area contributed by atoms with Crippen molar-refractivity contribution in [3.05, 3.63) is 227 Å². The number of aryl methyl sites for hydroxylation is 5. The Morgan fingerprint density at radius 1 is 0.574 bits per heavy atom. The average Bonchev–Trinajstić information content (AvgIpc) is 3.28. The summed E-state index contributed by atoms with van der Waals surface area (Å²) in [6.07, 6.45) is 16.2. The molecule has 0 heterocycles. The number of benzene rings is 6. The third-order valence-corrected chi connectivity index (χ3v) is 10.7. The largest absolute Gasteiger partial charge is 0.0955 e. The molecule has 0 aliphatic rings. The Balaban J connectivity index is 0.000000232. The molecule has 61 heavy (non-hydrogen) atoms. The fraction of sp³-hybridized carbons (Fsp3) is 0.279. The van der Waals surface area contributed by atoms with Gasteiger partial charge < -0.3 is 0 Å². The highest BCUT2D eigenvalue weighted by Crippen LogP contribution is 2.30. The van der Waals surface area contributed by atoms with Crippen LogP contribution < -0.4 is 0 Å². The van der Waals surface area contributed by atoms with Crippen LogP contribution in [0.5, 0.6) is 0 Å². The van der Waals surface area contributed by atoms with E-state index in [0.29, 0.717) is 5.92 Å². The van der Waals surface area contributed by atoms with E-state index in [-0.39, 0.29) is 0 Å². The summed E-state index contributed by atoms with van der Waals surface area (Å²) in [5.74, 6) is 0.640. The molecule has 0 heteroatoms. The summed E-state index contributed by atoms with van der Waals surface area (Å²) in [4.78, 5) is 0. The van der Waals surface area contributed by atoms with Crippen LogP contribution in [0.25, 0.3) is 33.9 Å². The standard InChI is InChI=1S/C21H26.C21H24.C12H16.C7H8/c1-6-15(2)11-12-19-13-18(5)21(14-17(19)4)20-10-8-7-9-16(20)3;1-3-11-20(18-13-7-5-8-14-18)17-21(12-4-2)19-15-9-6-10-16-19;1-4-5-11-6-8-12(9-7-11)10(2)3;1-7-5-3-2-4-6-7/h7-15H,6H2,1-5H3;5-11,13-17H,3-4,12H2,1-2H3;6-9H,2,4-5H2,1,3H3;2-6H,1H3/b12-11-;20-11-,21-17+;;. The SMILES string of the molecule is C=C(C)c1ccc(CCC)cc1.CC/C=C(/C=C(\CCC)c1ccccc1)c1ccccc1.CCC(C)/C=C\c1cc(C)c(-c2ccccc2C)cc1C.Cc1ccccc1. The Morgan fingerprint density at radius 2 is 1.15 bits per heavy atom. The highest BCUT2D eigenvalue weighted by Gasteiger charge is 2.08. The topological polar surface area (TPSA) is 0 Å². The molecular weight excluding hydrogens is 733 g/mol. The number of allylic oxidation sites excluding steroid dienone is 6. The number of hydrogen-bond donors (Lipinski definition) is 0. The number of rotatable bonds is 13. The summed E-state index contributed by atoms with van der Waals surface area (Å²) in [5, 5.41) is 0. The molecule has 6 aromatic carbocycles. The first-order valence-electron chi connectivity index (χ1n) is 22.6. The van der Waals surface area contributed by atoms with Crippen molar-refractivity contribution in [2.24, 2.45) is 5.92 Å². The predicted molar refractivity (Wildman–Crippen MR) is 275 cm³/mol. The van der Waals surface area contributed by atoms with Crippen LogP contribution in [0.15, 0.2) is 176 Å². The van der Waals surface area contributed by atoms with Gasteiger partial charge in [-0.1, -0.05) is 248 Å². The molecule has 0 saturated heterocycles. The van der Waals surface area contributed by atoms with Gasteiger partial charge in [0.2, 0.25) is 0 Å². The molecule has 0 radical (unpaired) electrons. The van der Waals surface area contributed by atoms with Crippen LogP contribution >= 0.6 is 0 Å². The van der Waals surface area contributed by atoms with Gasteiger partial charge in [-0.3, -0.25) is 0 Å². The van der Waals surface area contributed by atoms with E-state index in [1.807, 2.05) is 25.1 Å². The van der Waals surface area contributed by atoms with Crippen LogP contribution in [0, 0.1) is 33.6 Å². The molecule has 0 spiro atoms. The van der Waals surface area contributed by atoms with Crippen molar-refractivity contribution in [1.82, 2.24) is 0 Å². The summed E-state index contributed by atoms with van der Waals surface area (Å²) in [6.45, 7) is 25.7. The van der Waals surface area contributed by atoms with E-state index in [9.17, 15) is 0 Å². The van der Waals surface area contributed by atoms with E-state index in [4.69, 9.17) is 0 Å². The first-order chi connectivity index (χ1) is 29.5. The molecule has 6 rings (SSSR count). The average molecular weight is 807 g/mol. The molecule has 0 aliphatic heterocycles. The highest BCUT2D eigenvalue weighted by atomic mass is 14.1. The van der Waals surface area contributed by atoms with Crippen LogP contribution in [0.2, 0.25) is 0 Å². The van der Waals surface area contributed by atoms with E-state index in [0.717, 1.165) is 24.8 Å². The molecule has 0 nitrogen and oxygen atoms in total. The Bertz CT molecular complexity index is 2230. The third-order valence-electron chi connectivity index (χ3n) is 10.7. The van der Waals surface area contributed by atoms with Crippen LogP contribution in [-0.4, -0.2) is 0 Å². The molecule has 0 bridgehead atoms. The summed E-state index contributed by atoms with van der Waals surface area (Å²) < 4.78 is 0. The van der Waals surface area contributed by atoms with Gasteiger partial charge >= 0.3 is 0 Å². The molecule has 0 aromatic heterocycles. The van der Waals surface area contributed by atoms with Gasteiger partial charge in [-0.2, -0.15) is 0 Å². The van der Waals surface area contributed by atoms with E-state index < -0.39 is 0 Å². The lowest BCUT2D eigenvalue weighted by atomic mass is 9.92. The third kappa shape index (κ3) is 17.8. The quantitative estimate of drug-likeness (QED) is 0.102. The summed E-state index contributed by atoms with van der Waals surface area (Å²) in [6, 6.07) is 53.6. The second-order valence-electron chi connectivity index (χ2n) is 16.2. The molecule has 0 aliphatic carbocycles. The summed E-state index contributed by atoms with van der Waals surface area (Å²) in [5.41, 5.74) is 18.6. The molecule has 318 valence electrons. The smallest absolute Gasteiger partial charge is 0.0149 e. The minimum absolute atomic E-state index is 0.640. The van der Waals surface area contributed by atoms with E-state index in [1.54, 1.807) is 0 Å². The zero-order valence-corrected chi connectivity index (χ0v) is 39.3. The maximum atomic E-state index is 3.90. The fourth-order valence-corrected chi connectivity index (χ4v) is 6.89. The van der Waals surface area contributed by atoms with Crippen molar-refractivity contribution >= 4 is 22.8 Å². The second-order valence-corrected chi connectivity index (χ2v) is 16.2. The minimum atomic E-state index is 0.640. The van der Waals surface area contributed by atoms with Crippen molar-refractivity contribution < 1.29 is 0 Å². The molecule has 1 atom stereocenters. The maximum absolute atomic E-state index is 3.90. The van der Waals surface area contributed by atoms with Crippen LogP contribution in [0.1, 0.15) is 124 Å². The van der Waals surface area contributed by atoms with Crippen molar-refractivity contribution in [3.8, 4) is 11.1 Å². The number of hydrogen-bond acceptors (Lipinski definition) is 0. The predicted octanol–water partition coefficient (Wildman–Crippen LogP) is 18.4. The van der Waals surface area contributed by atoms with Gasteiger partial charge in [-0.05, 0) is 127 Å². The lowest BCUT2D eigenvalue weighted by molar-refractivity contribution is 0.701. The van der Waals surface area contributed by atoms with Gasteiger partial charge in [-0.25, -0.2) is 0 Å². The van der Waals surface area contributed by atoms with Gasteiger partial charge in [0.15, 0.2) is 0 Å². The van der Waals surface area contributed by atoms with Gasteiger partial charge in [0.1, 0.15) is 0 Å². The van der Waals surface area contributed by atoms with Gasteiger partial charge in [-0.15, -0.1) is 0 Å². The van der Waals surface area contributed by atoms with E-state index in [2.05, 4.69) is 227 Å². The molecule has 0 N–H and O–H groups in total. The first-order valence-corrected chi connectivity index (χ1v) is 22.6. The minimum Gasteiger partial charge on any atom is -0.0955 e. The second kappa shape index (κ2) is 27.9. The van der Waals surface area contributed by atoms with Crippen molar-refractivity contribution in [3.63, 3.8) is 0 Å².